The molecule has 0 N–H and O–H groups in total. The van der Waals surface area contributed by atoms with Crippen molar-refractivity contribution in [1.29, 1.82) is 0 Å². The van der Waals surface area contributed by atoms with E-state index < -0.39 is 0 Å². The van der Waals surface area contributed by atoms with Gasteiger partial charge in [-0.25, -0.2) is 0 Å². The zero-order valence-corrected chi connectivity index (χ0v) is 7.30. The summed E-state index contributed by atoms with van der Waals surface area (Å²) in [5.74, 6) is 1.78. The molecule has 0 aromatic carbocycles. The van der Waals surface area contributed by atoms with Crippen LogP contribution in [-0.2, 0) is 0 Å². The number of rotatable bonds is 1. The third kappa shape index (κ3) is 1.98. The first kappa shape index (κ1) is 8.06. The summed E-state index contributed by atoms with van der Waals surface area (Å²) in [4.78, 5) is 2.43. The molecule has 0 aliphatic carbocycles. The Kier molecular flexibility index (Phi) is 2.72. The third-order valence-corrected chi connectivity index (χ3v) is 2.26. The molecule has 0 amide bonds. The summed E-state index contributed by atoms with van der Waals surface area (Å²) in [7, 11) is 0. The first-order valence-electron chi connectivity index (χ1n) is 4.26. The van der Waals surface area contributed by atoms with Crippen molar-refractivity contribution in [2.75, 3.05) is 13.1 Å². The highest BCUT2D eigenvalue weighted by Crippen LogP contribution is 2.20. The standard InChI is InChI=1S/C9H18N/c1-4-10-6-8(2)5-9(3)7-10/h4,8-9H,5-7H2,1-3H3. The predicted molar refractivity (Wildman–Crippen MR) is 44.5 cm³/mol. The normalized spacial score (nSPS) is 36.3. The molecule has 1 heteroatoms. The lowest BCUT2D eigenvalue weighted by Crippen LogP contribution is -2.36. The molecule has 1 aliphatic rings. The van der Waals surface area contributed by atoms with Crippen molar-refractivity contribution in [3.63, 3.8) is 0 Å². The molecule has 2 atom stereocenters. The Morgan fingerprint density at radius 1 is 1.20 bits per heavy atom. The summed E-state index contributed by atoms with van der Waals surface area (Å²) < 4.78 is 0. The molecule has 10 heavy (non-hydrogen) atoms. The van der Waals surface area contributed by atoms with Gasteiger partial charge in [0.2, 0.25) is 0 Å². The van der Waals surface area contributed by atoms with E-state index in [4.69, 9.17) is 0 Å². The smallest absolute Gasteiger partial charge is 0.0220 e. The summed E-state index contributed by atoms with van der Waals surface area (Å²) in [6.45, 7) is 11.6. The van der Waals surface area contributed by atoms with Gasteiger partial charge in [0, 0.05) is 19.6 Å². The average Bonchev–Trinajstić information content (AvgIpc) is 1.85. The quantitative estimate of drug-likeness (QED) is 0.539. The molecule has 2 unspecified atom stereocenters. The number of hydrogen-bond donors (Lipinski definition) is 0. The fourth-order valence-electron chi connectivity index (χ4n) is 1.92. The second-order valence-electron chi connectivity index (χ2n) is 3.66. The fourth-order valence-corrected chi connectivity index (χ4v) is 1.92. The van der Waals surface area contributed by atoms with Crippen LogP contribution in [-0.4, -0.2) is 18.0 Å². The Hall–Kier alpha value is -0.0400. The highest BCUT2D eigenvalue weighted by Gasteiger charge is 2.19. The first-order valence-corrected chi connectivity index (χ1v) is 4.26. The minimum absolute atomic E-state index is 0.889. The van der Waals surface area contributed by atoms with Crippen LogP contribution in [0.5, 0.6) is 0 Å². The molecule has 1 nitrogen and oxygen atoms in total. The summed E-state index contributed by atoms with van der Waals surface area (Å²) in [6, 6.07) is 0. The maximum Gasteiger partial charge on any atom is 0.0220 e. The second kappa shape index (κ2) is 3.38. The fraction of sp³-hybridized carbons (Fsp3) is 0.889. The van der Waals surface area contributed by atoms with Crippen LogP contribution in [0.2, 0.25) is 0 Å². The molecule has 0 spiro atoms. The third-order valence-electron chi connectivity index (χ3n) is 2.26. The molecule has 1 aliphatic heterocycles. The van der Waals surface area contributed by atoms with Crippen molar-refractivity contribution in [2.24, 2.45) is 11.8 Å². The van der Waals surface area contributed by atoms with E-state index in [1.165, 1.54) is 19.5 Å². The van der Waals surface area contributed by atoms with E-state index in [-0.39, 0.29) is 0 Å². The number of piperidine rings is 1. The summed E-state index contributed by atoms with van der Waals surface area (Å²) in [5, 5.41) is 0. The van der Waals surface area contributed by atoms with E-state index in [1.54, 1.807) is 0 Å². The van der Waals surface area contributed by atoms with Crippen molar-refractivity contribution < 1.29 is 0 Å². The Bertz CT molecular complexity index is 90.9. The molecule has 1 rings (SSSR count). The van der Waals surface area contributed by atoms with E-state index in [2.05, 4.69) is 32.2 Å². The highest BCUT2D eigenvalue weighted by atomic mass is 15.1. The van der Waals surface area contributed by atoms with Gasteiger partial charge < -0.3 is 0 Å². The van der Waals surface area contributed by atoms with Crippen LogP contribution < -0.4 is 0 Å². The van der Waals surface area contributed by atoms with Gasteiger partial charge >= 0.3 is 0 Å². The molecular weight excluding hydrogens is 122 g/mol. The molecule has 0 aromatic rings. The molecule has 0 bridgehead atoms. The van der Waals surface area contributed by atoms with E-state index in [1.807, 2.05) is 0 Å². The van der Waals surface area contributed by atoms with Crippen molar-refractivity contribution in [3.05, 3.63) is 6.54 Å². The molecule has 0 saturated carbocycles. The van der Waals surface area contributed by atoms with Gasteiger partial charge in [-0.1, -0.05) is 13.8 Å². The summed E-state index contributed by atoms with van der Waals surface area (Å²) >= 11 is 0. The van der Waals surface area contributed by atoms with Gasteiger partial charge in [-0.3, -0.25) is 4.90 Å². The zero-order chi connectivity index (χ0) is 7.56. The van der Waals surface area contributed by atoms with Crippen molar-refractivity contribution in [1.82, 2.24) is 4.90 Å². The van der Waals surface area contributed by atoms with E-state index in [0.717, 1.165) is 11.8 Å². The summed E-state index contributed by atoms with van der Waals surface area (Å²) in [6.07, 6.45) is 1.41. The lowest BCUT2D eigenvalue weighted by atomic mass is 9.92. The van der Waals surface area contributed by atoms with Gasteiger partial charge in [-0.2, -0.15) is 0 Å². The first-order chi connectivity index (χ1) is 4.72. The van der Waals surface area contributed by atoms with Crippen LogP contribution in [0.1, 0.15) is 27.2 Å². The van der Waals surface area contributed by atoms with Crippen LogP contribution >= 0.6 is 0 Å². The average molecular weight is 140 g/mol. The zero-order valence-electron chi connectivity index (χ0n) is 7.30. The maximum atomic E-state index is 2.43. The number of likely N-dealkylation sites (tertiary alicyclic amines) is 1. The lowest BCUT2D eigenvalue weighted by molar-refractivity contribution is 0.174. The Morgan fingerprint density at radius 2 is 1.70 bits per heavy atom. The van der Waals surface area contributed by atoms with E-state index in [0.29, 0.717) is 0 Å². The molecule has 0 aromatic heterocycles. The highest BCUT2D eigenvalue weighted by molar-refractivity contribution is 4.77. The van der Waals surface area contributed by atoms with Crippen molar-refractivity contribution >= 4 is 0 Å². The van der Waals surface area contributed by atoms with Crippen LogP contribution in [0, 0.1) is 18.4 Å². The van der Waals surface area contributed by atoms with Gasteiger partial charge in [-0.15, -0.1) is 0 Å². The van der Waals surface area contributed by atoms with Gasteiger partial charge in [0.25, 0.3) is 0 Å². The van der Waals surface area contributed by atoms with Crippen molar-refractivity contribution in [3.8, 4) is 0 Å². The maximum absolute atomic E-state index is 2.43. The molecule has 1 fully saturated rings. The molecule has 1 radical (unpaired) electrons. The van der Waals surface area contributed by atoms with Crippen LogP contribution in [0.4, 0.5) is 0 Å². The van der Waals surface area contributed by atoms with Gasteiger partial charge in [0.15, 0.2) is 0 Å². The van der Waals surface area contributed by atoms with Gasteiger partial charge in [0.1, 0.15) is 0 Å². The van der Waals surface area contributed by atoms with E-state index in [9.17, 15) is 0 Å². The molecule has 1 heterocycles. The topological polar surface area (TPSA) is 3.24 Å². The van der Waals surface area contributed by atoms with Gasteiger partial charge in [-0.05, 0) is 25.2 Å². The van der Waals surface area contributed by atoms with Crippen LogP contribution in [0.25, 0.3) is 0 Å². The van der Waals surface area contributed by atoms with E-state index >= 15 is 0 Å². The minimum atomic E-state index is 0.889. The Morgan fingerprint density at radius 3 is 2.10 bits per heavy atom. The summed E-state index contributed by atoms with van der Waals surface area (Å²) in [5.41, 5.74) is 0. The molecule has 59 valence electrons. The molecular formula is C9H18N. The SMILES string of the molecule is C[CH]N1CC(C)CC(C)C1. The minimum Gasteiger partial charge on any atom is -0.299 e. The predicted octanol–water partition coefficient (Wildman–Crippen LogP) is 2.15. The van der Waals surface area contributed by atoms with Crippen LogP contribution in [0.3, 0.4) is 0 Å². The Labute approximate surface area is 64.4 Å². The molecule has 1 saturated heterocycles. The monoisotopic (exact) mass is 140 g/mol. The van der Waals surface area contributed by atoms with Gasteiger partial charge in [0.05, 0.1) is 0 Å². The second-order valence-corrected chi connectivity index (χ2v) is 3.66. The largest absolute Gasteiger partial charge is 0.299 e. The van der Waals surface area contributed by atoms with Crippen molar-refractivity contribution in [2.45, 2.75) is 27.2 Å². The lowest BCUT2D eigenvalue weighted by Gasteiger charge is -2.33. The van der Waals surface area contributed by atoms with Crippen LogP contribution in [0.15, 0.2) is 0 Å². The Balaban J connectivity index is 2.35. The number of nitrogens with zero attached hydrogens (tertiary/aromatic N) is 1. The number of hydrogen-bond acceptors (Lipinski definition) is 1.